The molecule has 1 aromatic carbocycles. The number of ether oxygens (including phenoxy) is 1. The SMILES string of the molecule is COC(=O)C(C)NC(C)c1ccccc1O. The van der Waals surface area contributed by atoms with Crippen LogP contribution in [0.15, 0.2) is 24.3 Å². The number of para-hydroxylation sites is 1. The topological polar surface area (TPSA) is 58.6 Å². The number of esters is 1. The van der Waals surface area contributed by atoms with Gasteiger partial charge in [0, 0.05) is 11.6 Å². The number of hydrogen-bond acceptors (Lipinski definition) is 4. The minimum Gasteiger partial charge on any atom is -0.508 e. The molecule has 0 spiro atoms. The van der Waals surface area contributed by atoms with Crippen LogP contribution in [-0.4, -0.2) is 24.2 Å². The van der Waals surface area contributed by atoms with Gasteiger partial charge in [-0.3, -0.25) is 10.1 Å². The predicted octanol–water partition coefficient (Wildman–Crippen LogP) is 1.60. The summed E-state index contributed by atoms with van der Waals surface area (Å²) < 4.78 is 4.62. The molecule has 0 aliphatic rings. The molecule has 4 nitrogen and oxygen atoms in total. The Hall–Kier alpha value is -1.55. The van der Waals surface area contributed by atoms with E-state index in [1.54, 1.807) is 19.1 Å². The number of nitrogens with one attached hydrogen (secondary N) is 1. The Balaban J connectivity index is 2.69. The van der Waals surface area contributed by atoms with E-state index in [-0.39, 0.29) is 17.8 Å². The average Bonchev–Trinajstić information content (AvgIpc) is 2.28. The fraction of sp³-hybridized carbons (Fsp3) is 0.417. The van der Waals surface area contributed by atoms with Crippen molar-refractivity contribution in [1.82, 2.24) is 5.32 Å². The van der Waals surface area contributed by atoms with Crippen LogP contribution in [0, 0.1) is 0 Å². The van der Waals surface area contributed by atoms with Crippen LogP contribution < -0.4 is 5.32 Å². The van der Waals surface area contributed by atoms with Gasteiger partial charge in [0.2, 0.25) is 0 Å². The molecule has 0 aromatic heterocycles. The molecule has 88 valence electrons. The molecule has 1 rings (SSSR count). The van der Waals surface area contributed by atoms with Gasteiger partial charge in [0.25, 0.3) is 0 Å². The van der Waals surface area contributed by atoms with Crippen molar-refractivity contribution >= 4 is 5.97 Å². The van der Waals surface area contributed by atoms with E-state index in [2.05, 4.69) is 10.1 Å². The first-order valence-electron chi connectivity index (χ1n) is 5.18. The molecule has 0 saturated carbocycles. The van der Waals surface area contributed by atoms with Gasteiger partial charge in [-0.05, 0) is 19.9 Å². The lowest BCUT2D eigenvalue weighted by molar-refractivity contribution is -0.142. The molecule has 0 saturated heterocycles. The van der Waals surface area contributed by atoms with Gasteiger partial charge >= 0.3 is 5.97 Å². The number of methoxy groups -OCH3 is 1. The van der Waals surface area contributed by atoms with Crippen molar-refractivity contribution < 1.29 is 14.6 Å². The van der Waals surface area contributed by atoms with Crippen LogP contribution in [0.1, 0.15) is 25.5 Å². The highest BCUT2D eigenvalue weighted by Gasteiger charge is 2.17. The molecule has 1 aromatic rings. The summed E-state index contributed by atoms with van der Waals surface area (Å²) >= 11 is 0. The third-order valence-electron chi connectivity index (χ3n) is 2.46. The molecule has 2 unspecified atom stereocenters. The number of carbonyl (C=O) groups excluding carboxylic acids is 1. The zero-order valence-corrected chi connectivity index (χ0v) is 9.73. The molecule has 2 atom stereocenters. The van der Waals surface area contributed by atoms with E-state index < -0.39 is 6.04 Å². The first-order valence-corrected chi connectivity index (χ1v) is 5.18. The molecular formula is C12H17NO3. The molecule has 4 heteroatoms. The normalized spacial score (nSPS) is 14.2. The summed E-state index contributed by atoms with van der Waals surface area (Å²) in [6.07, 6.45) is 0. The third-order valence-corrected chi connectivity index (χ3v) is 2.46. The van der Waals surface area contributed by atoms with Crippen LogP contribution in [0.2, 0.25) is 0 Å². The summed E-state index contributed by atoms with van der Waals surface area (Å²) in [6.45, 7) is 3.61. The van der Waals surface area contributed by atoms with E-state index >= 15 is 0 Å². The molecule has 2 N–H and O–H groups in total. The predicted molar refractivity (Wildman–Crippen MR) is 61.1 cm³/mol. The number of benzene rings is 1. The molecule has 0 aliphatic carbocycles. The highest BCUT2D eigenvalue weighted by Crippen LogP contribution is 2.23. The van der Waals surface area contributed by atoms with Gasteiger partial charge in [0.05, 0.1) is 7.11 Å². The Morgan fingerprint density at radius 3 is 2.56 bits per heavy atom. The van der Waals surface area contributed by atoms with Gasteiger partial charge in [-0.2, -0.15) is 0 Å². The molecule has 0 heterocycles. The van der Waals surface area contributed by atoms with Crippen molar-refractivity contribution in [1.29, 1.82) is 0 Å². The van der Waals surface area contributed by atoms with Gasteiger partial charge < -0.3 is 9.84 Å². The lowest BCUT2D eigenvalue weighted by Crippen LogP contribution is -2.36. The second-order valence-electron chi connectivity index (χ2n) is 3.69. The quantitative estimate of drug-likeness (QED) is 0.761. The maximum atomic E-state index is 11.2. The molecule has 16 heavy (non-hydrogen) atoms. The molecule has 0 bridgehead atoms. The van der Waals surface area contributed by atoms with Crippen LogP contribution in [0.3, 0.4) is 0 Å². The molecule has 0 fully saturated rings. The van der Waals surface area contributed by atoms with Crippen LogP contribution in [0.5, 0.6) is 5.75 Å². The summed E-state index contributed by atoms with van der Waals surface area (Å²) in [5, 5.41) is 12.7. The zero-order chi connectivity index (χ0) is 12.1. The van der Waals surface area contributed by atoms with Gasteiger partial charge in [-0.15, -0.1) is 0 Å². The van der Waals surface area contributed by atoms with Crippen LogP contribution >= 0.6 is 0 Å². The van der Waals surface area contributed by atoms with Gasteiger partial charge in [-0.1, -0.05) is 18.2 Å². The minimum atomic E-state index is -0.403. The maximum Gasteiger partial charge on any atom is 0.322 e. The highest BCUT2D eigenvalue weighted by molar-refractivity contribution is 5.75. The van der Waals surface area contributed by atoms with Gasteiger partial charge in [0.15, 0.2) is 0 Å². The number of aromatic hydroxyl groups is 1. The molecule has 0 radical (unpaired) electrons. The van der Waals surface area contributed by atoms with E-state index in [9.17, 15) is 9.90 Å². The zero-order valence-electron chi connectivity index (χ0n) is 9.73. The monoisotopic (exact) mass is 223 g/mol. The first kappa shape index (κ1) is 12.5. The van der Waals surface area contributed by atoms with E-state index in [0.29, 0.717) is 0 Å². The van der Waals surface area contributed by atoms with Crippen LogP contribution in [0.25, 0.3) is 0 Å². The Morgan fingerprint density at radius 2 is 2.00 bits per heavy atom. The average molecular weight is 223 g/mol. The number of hydrogen-bond donors (Lipinski definition) is 2. The van der Waals surface area contributed by atoms with Crippen molar-refractivity contribution in [2.24, 2.45) is 0 Å². The van der Waals surface area contributed by atoms with Gasteiger partial charge in [0.1, 0.15) is 11.8 Å². The molecular weight excluding hydrogens is 206 g/mol. The van der Waals surface area contributed by atoms with Gasteiger partial charge in [-0.25, -0.2) is 0 Å². The van der Waals surface area contributed by atoms with E-state index in [4.69, 9.17) is 0 Å². The van der Waals surface area contributed by atoms with Crippen molar-refractivity contribution in [3.8, 4) is 5.75 Å². The highest BCUT2D eigenvalue weighted by atomic mass is 16.5. The van der Waals surface area contributed by atoms with Crippen molar-refractivity contribution in [3.63, 3.8) is 0 Å². The largest absolute Gasteiger partial charge is 0.508 e. The number of phenolic OH excluding ortho intramolecular Hbond substituents is 1. The summed E-state index contributed by atoms with van der Waals surface area (Å²) in [6, 6.07) is 6.52. The second kappa shape index (κ2) is 5.51. The summed E-state index contributed by atoms with van der Waals surface area (Å²) in [5.74, 6) is -0.0955. The summed E-state index contributed by atoms with van der Waals surface area (Å²) in [5.41, 5.74) is 0.762. The Labute approximate surface area is 95.2 Å². The van der Waals surface area contributed by atoms with E-state index in [0.717, 1.165) is 5.56 Å². The number of rotatable bonds is 4. The summed E-state index contributed by atoms with van der Waals surface area (Å²) in [4.78, 5) is 11.2. The minimum absolute atomic E-state index is 0.115. The lowest BCUT2D eigenvalue weighted by atomic mass is 10.1. The summed E-state index contributed by atoms with van der Waals surface area (Å²) in [7, 11) is 1.35. The Kier molecular flexibility index (Phi) is 4.31. The molecule has 0 aliphatic heterocycles. The maximum absolute atomic E-state index is 11.2. The van der Waals surface area contributed by atoms with Crippen molar-refractivity contribution in [3.05, 3.63) is 29.8 Å². The van der Waals surface area contributed by atoms with Crippen molar-refractivity contribution in [2.75, 3.05) is 7.11 Å². The Bertz CT molecular complexity index is 365. The Morgan fingerprint density at radius 1 is 1.38 bits per heavy atom. The van der Waals surface area contributed by atoms with E-state index in [1.165, 1.54) is 7.11 Å². The first-order chi connectivity index (χ1) is 7.56. The third kappa shape index (κ3) is 2.97. The second-order valence-corrected chi connectivity index (χ2v) is 3.69. The number of carbonyl (C=O) groups is 1. The fourth-order valence-electron chi connectivity index (χ4n) is 1.56. The standard InChI is InChI=1S/C12H17NO3/c1-8(13-9(2)12(15)16-3)10-6-4-5-7-11(10)14/h4-9,13-14H,1-3H3. The number of phenols is 1. The van der Waals surface area contributed by atoms with Crippen molar-refractivity contribution in [2.45, 2.75) is 25.9 Å². The van der Waals surface area contributed by atoms with E-state index in [1.807, 2.05) is 19.1 Å². The molecule has 0 amide bonds. The fourth-order valence-corrected chi connectivity index (χ4v) is 1.56. The lowest BCUT2D eigenvalue weighted by Gasteiger charge is -2.19. The van der Waals surface area contributed by atoms with Crippen LogP contribution in [0.4, 0.5) is 0 Å². The van der Waals surface area contributed by atoms with Crippen LogP contribution in [-0.2, 0) is 9.53 Å². The smallest absolute Gasteiger partial charge is 0.322 e.